The van der Waals surface area contributed by atoms with Gasteiger partial charge in [-0.25, -0.2) is 0 Å². The molecule has 0 saturated carbocycles. The van der Waals surface area contributed by atoms with Crippen LogP contribution in [0.4, 0.5) is 0 Å². The minimum atomic E-state index is -1.76. The van der Waals surface area contributed by atoms with Gasteiger partial charge in [0.25, 0.3) is 0 Å². The van der Waals surface area contributed by atoms with Crippen LogP contribution in [0.25, 0.3) is 0 Å². The number of hydrogen-bond donors (Lipinski definition) is 7. The number of aliphatic hydroxyl groups excluding tert-OH is 7. The van der Waals surface area contributed by atoms with E-state index in [2.05, 4.69) is 26.0 Å². The van der Waals surface area contributed by atoms with Crippen LogP contribution in [0.5, 0.6) is 0 Å². The monoisotopic (exact) mass is 1070 g/mol. The molecule has 2 saturated heterocycles. The molecular weight excluding hydrogens is 961 g/mol. The molecule has 0 radical (unpaired) electrons. The third-order valence-electron chi connectivity index (χ3n) is 15.0. The smallest absolute Gasteiger partial charge is 0.306 e. The van der Waals surface area contributed by atoms with E-state index >= 15 is 0 Å². The second kappa shape index (κ2) is 47.1. The first-order valence-corrected chi connectivity index (χ1v) is 30.8. The number of unbranched alkanes of at least 4 members (excludes halogenated alkanes) is 34. The lowest BCUT2D eigenvalue weighted by molar-refractivity contribution is -0.332. The zero-order valence-electron chi connectivity index (χ0n) is 47.3. The van der Waals surface area contributed by atoms with Crippen molar-refractivity contribution < 1.29 is 73.8 Å². The van der Waals surface area contributed by atoms with E-state index in [1.54, 1.807) is 0 Å². The van der Waals surface area contributed by atoms with Gasteiger partial charge in [0, 0.05) is 12.8 Å². The molecule has 2 aliphatic heterocycles. The molecule has 2 heterocycles. The minimum absolute atomic E-state index is 0.169. The van der Waals surface area contributed by atoms with E-state index in [-0.39, 0.29) is 26.1 Å². The van der Waals surface area contributed by atoms with Crippen molar-refractivity contribution in [1.29, 1.82) is 0 Å². The first kappa shape index (κ1) is 69.3. The first-order valence-electron chi connectivity index (χ1n) is 30.8. The summed E-state index contributed by atoms with van der Waals surface area (Å²) in [5.74, 6) is -0.907. The second-order valence-corrected chi connectivity index (χ2v) is 21.9. The number of rotatable bonds is 50. The second-order valence-electron chi connectivity index (χ2n) is 21.9. The average molecular weight is 1070 g/mol. The first-order chi connectivity index (χ1) is 36.5. The Balaban J connectivity index is 1.72. The summed E-state index contributed by atoms with van der Waals surface area (Å²) in [5.41, 5.74) is 0. The number of carbonyl (C=O) groups excluding carboxylic acids is 2. The van der Waals surface area contributed by atoms with Crippen LogP contribution in [0.15, 0.2) is 12.2 Å². The molecule has 0 bridgehead atoms. The van der Waals surface area contributed by atoms with Crippen molar-refractivity contribution in [2.24, 2.45) is 0 Å². The normalized spacial score (nSPS) is 24.5. The van der Waals surface area contributed by atoms with Crippen molar-refractivity contribution in [3.05, 3.63) is 12.2 Å². The van der Waals surface area contributed by atoms with Crippen molar-refractivity contribution >= 4 is 11.9 Å². The number of hydrogen-bond acceptors (Lipinski definition) is 15. The highest BCUT2D eigenvalue weighted by Gasteiger charge is 2.47. The standard InChI is InChI=1S/C60H112O15/c1-3-5-7-9-11-13-15-17-19-21-23-24-25-27-29-31-33-35-37-39-41-43-52(63)73-48(45-70-51(62)42-40-38-36-34-32-30-28-26-22-20-18-16-14-12-10-8-6-4-2)46-71-59-58(69)56(67)54(65)50(75-59)47-72-60-57(68)55(66)53(64)49(44-61)74-60/h17,19,48-50,53-61,64-69H,3-16,18,20-47H2,1-2H3/b19-17+/t48-,49+,50+,53-,54-,55?,56?,57?,58?,59+,60+/m1/s1. The Morgan fingerprint density at radius 3 is 1.17 bits per heavy atom. The number of allylic oxidation sites excluding steroid dienone is 2. The molecule has 0 aromatic carbocycles. The summed E-state index contributed by atoms with van der Waals surface area (Å²) in [6, 6.07) is 0. The Labute approximate surface area is 454 Å². The van der Waals surface area contributed by atoms with Crippen LogP contribution in [-0.4, -0.2) is 142 Å². The fourth-order valence-corrected chi connectivity index (χ4v) is 9.98. The lowest BCUT2D eigenvalue weighted by Gasteiger charge is -2.42. The molecule has 0 aliphatic carbocycles. The highest BCUT2D eigenvalue weighted by atomic mass is 16.7. The lowest BCUT2D eigenvalue weighted by atomic mass is 9.98. The van der Waals surface area contributed by atoms with Gasteiger partial charge in [0.05, 0.1) is 19.8 Å². The van der Waals surface area contributed by atoms with Gasteiger partial charge in [-0.2, -0.15) is 0 Å². The van der Waals surface area contributed by atoms with Crippen LogP contribution in [0, 0.1) is 0 Å². The third-order valence-corrected chi connectivity index (χ3v) is 15.0. The van der Waals surface area contributed by atoms with Crippen molar-refractivity contribution in [3.63, 3.8) is 0 Å². The van der Waals surface area contributed by atoms with Crippen LogP contribution < -0.4 is 0 Å². The quantitative estimate of drug-likeness (QED) is 0.0171. The van der Waals surface area contributed by atoms with Crippen molar-refractivity contribution in [1.82, 2.24) is 0 Å². The number of carbonyl (C=O) groups is 2. The Bertz CT molecular complexity index is 1350. The summed E-state index contributed by atoms with van der Waals surface area (Å²) >= 11 is 0. The molecule has 442 valence electrons. The maximum Gasteiger partial charge on any atom is 0.306 e. The van der Waals surface area contributed by atoms with E-state index < -0.39 is 92.7 Å². The van der Waals surface area contributed by atoms with Crippen LogP contribution in [-0.2, 0) is 38.0 Å². The van der Waals surface area contributed by atoms with Crippen LogP contribution in [0.1, 0.15) is 264 Å². The molecule has 2 fully saturated rings. The van der Waals surface area contributed by atoms with E-state index in [1.807, 2.05) is 0 Å². The van der Waals surface area contributed by atoms with Gasteiger partial charge in [0.2, 0.25) is 0 Å². The van der Waals surface area contributed by atoms with Gasteiger partial charge in [-0.05, 0) is 38.5 Å². The molecule has 7 N–H and O–H groups in total. The van der Waals surface area contributed by atoms with Gasteiger partial charge in [-0.1, -0.05) is 225 Å². The zero-order chi connectivity index (χ0) is 54.6. The topological polar surface area (TPSA) is 231 Å². The summed E-state index contributed by atoms with van der Waals surface area (Å²) in [6.07, 6.45) is 33.7. The summed E-state index contributed by atoms with van der Waals surface area (Å²) in [4.78, 5) is 25.9. The lowest BCUT2D eigenvalue weighted by Crippen LogP contribution is -2.61. The van der Waals surface area contributed by atoms with E-state index in [0.717, 1.165) is 38.5 Å². The molecule has 0 spiro atoms. The average Bonchev–Trinajstić information content (AvgIpc) is 3.40. The maximum absolute atomic E-state index is 13.1. The van der Waals surface area contributed by atoms with Crippen LogP contribution >= 0.6 is 0 Å². The van der Waals surface area contributed by atoms with Gasteiger partial charge in [-0.3, -0.25) is 9.59 Å². The van der Waals surface area contributed by atoms with E-state index in [0.29, 0.717) is 12.8 Å². The highest BCUT2D eigenvalue weighted by Crippen LogP contribution is 2.27. The van der Waals surface area contributed by atoms with Crippen molar-refractivity contribution in [2.75, 3.05) is 26.4 Å². The van der Waals surface area contributed by atoms with Gasteiger partial charge >= 0.3 is 11.9 Å². The fourth-order valence-electron chi connectivity index (χ4n) is 9.98. The van der Waals surface area contributed by atoms with Crippen molar-refractivity contribution in [2.45, 2.75) is 332 Å². The summed E-state index contributed by atoms with van der Waals surface area (Å²) in [6.45, 7) is 2.65. The summed E-state index contributed by atoms with van der Waals surface area (Å²) in [5, 5.41) is 72.4. The Kier molecular flexibility index (Phi) is 43.5. The molecule has 0 aromatic rings. The maximum atomic E-state index is 13.1. The van der Waals surface area contributed by atoms with Crippen LogP contribution in [0.2, 0.25) is 0 Å². The Morgan fingerprint density at radius 1 is 0.413 bits per heavy atom. The van der Waals surface area contributed by atoms with Gasteiger partial charge in [-0.15, -0.1) is 0 Å². The van der Waals surface area contributed by atoms with Gasteiger partial charge in [0.15, 0.2) is 18.7 Å². The number of ether oxygens (including phenoxy) is 6. The van der Waals surface area contributed by atoms with Gasteiger partial charge in [0.1, 0.15) is 55.4 Å². The molecule has 11 atom stereocenters. The molecule has 4 unspecified atom stereocenters. The van der Waals surface area contributed by atoms with E-state index in [4.69, 9.17) is 28.4 Å². The molecular formula is C60H112O15. The van der Waals surface area contributed by atoms with Gasteiger partial charge < -0.3 is 64.2 Å². The fraction of sp³-hybridized carbons (Fsp3) is 0.933. The number of esters is 2. The van der Waals surface area contributed by atoms with E-state index in [1.165, 1.54) is 186 Å². The molecule has 0 amide bonds. The predicted octanol–water partition coefficient (Wildman–Crippen LogP) is 10.9. The Morgan fingerprint density at radius 2 is 0.760 bits per heavy atom. The summed E-state index contributed by atoms with van der Waals surface area (Å²) in [7, 11) is 0. The Hall–Kier alpha value is -1.76. The molecule has 0 aromatic heterocycles. The third kappa shape index (κ3) is 34.1. The molecule has 2 aliphatic rings. The highest BCUT2D eigenvalue weighted by molar-refractivity contribution is 5.70. The van der Waals surface area contributed by atoms with E-state index in [9.17, 15) is 45.3 Å². The predicted molar refractivity (Wildman–Crippen MR) is 294 cm³/mol. The summed E-state index contributed by atoms with van der Waals surface area (Å²) < 4.78 is 33.8. The molecule has 15 nitrogen and oxygen atoms in total. The van der Waals surface area contributed by atoms with Crippen molar-refractivity contribution in [3.8, 4) is 0 Å². The van der Waals surface area contributed by atoms with Crippen LogP contribution in [0.3, 0.4) is 0 Å². The zero-order valence-corrected chi connectivity index (χ0v) is 47.3. The molecule has 2 rings (SSSR count). The SMILES string of the molecule is CCCCCCCC/C=C/CCCCCCCCCCCCCC(=O)O[C@H](COC(=O)CCCCCCCCCCCCCCCCCCCC)CO[C@H]1O[C@@H](CO[C@H]2O[C@@H](CO)[C@@H](O)C(O)C2O)[C@@H](O)C(O)C1O. The number of aliphatic hydroxyl groups is 7. The molecule has 15 heteroatoms. The largest absolute Gasteiger partial charge is 0.462 e. The minimum Gasteiger partial charge on any atom is -0.462 e. The molecule has 75 heavy (non-hydrogen) atoms.